The molecule has 0 spiro atoms. The van der Waals surface area contributed by atoms with Gasteiger partial charge in [-0.15, -0.1) is 0 Å². The van der Waals surface area contributed by atoms with Crippen molar-refractivity contribution in [2.75, 3.05) is 13.7 Å². The van der Waals surface area contributed by atoms with Gasteiger partial charge < -0.3 is 19.3 Å². The molecule has 1 atom stereocenters. The Bertz CT molecular complexity index is 992. The predicted octanol–water partition coefficient (Wildman–Crippen LogP) is 5.80. The summed E-state index contributed by atoms with van der Waals surface area (Å²) in [5, 5.41) is 9.08. The molecule has 0 amide bonds. The maximum Gasteiger partial charge on any atom is 0.333 e. The van der Waals surface area contributed by atoms with E-state index in [2.05, 4.69) is 18.4 Å². The first-order valence-corrected chi connectivity index (χ1v) is 10.2. The second-order valence-electron chi connectivity index (χ2n) is 6.85. The smallest absolute Gasteiger partial charge is 0.333 e. The molecule has 5 heteroatoms. The van der Waals surface area contributed by atoms with Crippen molar-refractivity contribution in [2.24, 2.45) is 0 Å². The molecule has 1 N–H and O–H groups in total. The summed E-state index contributed by atoms with van der Waals surface area (Å²) < 4.78 is 16.4. The number of para-hydroxylation sites is 1. The van der Waals surface area contributed by atoms with Gasteiger partial charge in [-0.2, -0.15) is 0 Å². The highest BCUT2D eigenvalue weighted by Gasteiger charge is 2.16. The number of aliphatic carboxylic acids is 1. The van der Waals surface area contributed by atoms with E-state index < -0.39 is 12.1 Å². The van der Waals surface area contributed by atoms with E-state index in [1.54, 1.807) is 6.08 Å². The Hall–Kier alpha value is -3.75. The Morgan fingerprint density at radius 3 is 2.34 bits per heavy atom. The number of carbonyl (C=O) groups is 1. The van der Waals surface area contributed by atoms with E-state index >= 15 is 0 Å². The maximum atomic E-state index is 11.1. The standard InChI is InChI=1S/C27H28O5/c1-4-22(20-26(30-3)27(28)29)14-13-21(2)10-8-9-19-31-23-15-17-25(18-16-23)32-24-11-6-5-7-12-24/h4-7,11-18,26H,1,9,19-20H2,2-3H3,(H,28,29)/b21-13+,22-14+. The molecule has 32 heavy (non-hydrogen) atoms. The number of carboxylic acid groups (broad SMARTS) is 1. The van der Waals surface area contributed by atoms with Crippen LogP contribution in [0.15, 0.2) is 90.6 Å². The van der Waals surface area contributed by atoms with Crippen molar-refractivity contribution >= 4 is 5.97 Å². The van der Waals surface area contributed by atoms with E-state index in [0.29, 0.717) is 13.0 Å². The molecule has 0 saturated heterocycles. The average molecular weight is 433 g/mol. The lowest BCUT2D eigenvalue weighted by Gasteiger charge is -2.10. The largest absolute Gasteiger partial charge is 0.493 e. The van der Waals surface area contributed by atoms with Crippen LogP contribution < -0.4 is 9.47 Å². The zero-order valence-corrected chi connectivity index (χ0v) is 18.4. The highest BCUT2D eigenvalue weighted by atomic mass is 16.5. The molecule has 0 aliphatic rings. The summed E-state index contributed by atoms with van der Waals surface area (Å²) in [5.74, 6) is 7.42. The molecule has 1 unspecified atom stereocenters. The van der Waals surface area contributed by atoms with Crippen LogP contribution in [-0.2, 0) is 9.53 Å². The monoisotopic (exact) mass is 432 g/mol. The molecule has 166 valence electrons. The molecule has 0 aromatic heterocycles. The van der Waals surface area contributed by atoms with Crippen LogP contribution >= 0.6 is 0 Å². The van der Waals surface area contributed by atoms with Gasteiger partial charge in [0.25, 0.3) is 0 Å². The number of hydrogen-bond donors (Lipinski definition) is 1. The number of ether oxygens (including phenoxy) is 3. The Balaban J connectivity index is 1.79. The van der Waals surface area contributed by atoms with Crippen molar-refractivity contribution in [3.63, 3.8) is 0 Å². The van der Waals surface area contributed by atoms with Gasteiger partial charge in [-0.25, -0.2) is 4.79 Å². The number of hydrogen-bond acceptors (Lipinski definition) is 4. The van der Waals surface area contributed by atoms with Gasteiger partial charge in [0.05, 0.1) is 6.61 Å². The average Bonchev–Trinajstić information content (AvgIpc) is 2.80. The molecule has 0 fully saturated rings. The lowest BCUT2D eigenvalue weighted by Crippen LogP contribution is -2.22. The van der Waals surface area contributed by atoms with Crippen LogP contribution in [0.3, 0.4) is 0 Å². The normalized spacial score (nSPS) is 12.3. The summed E-state index contributed by atoms with van der Waals surface area (Å²) in [6.07, 6.45) is 5.20. The molecule has 0 aliphatic carbocycles. The lowest BCUT2D eigenvalue weighted by molar-refractivity contribution is -0.148. The number of carboxylic acids is 1. The van der Waals surface area contributed by atoms with Gasteiger partial charge in [-0.3, -0.25) is 0 Å². The van der Waals surface area contributed by atoms with Crippen molar-refractivity contribution in [1.82, 2.24) is 0 Å². The van der Waals surface area contributed by atoms with Gasteiger partial charge in [-0.1, -0.05) is 54.8 Å². The fourth-order valence-corrected chi connectivity index (χ4v) is 2.63. The van der Waals surface area contributed by atoms with Gasteiger partial charge in [0.15, 0.2) is 6.10 Å². The van der Waals surface area contributed by atoms with Crippen LogP contribution in [0.2, 0.25) is 0 Å². The Morgan fingerprint density at radius 1 is 1.06 bits per heavy atom. The quantitative estimate of drug-likeness (QED) is 0.276. The van der Waals surface area contributed by atoms with Crippen LogP contribution in [0, 0.1) is 11.8 Å². The van der Waals surface area contributed by atoms with E-state index in [1.165, 1.54) is 7.11 Å². The van der Waals surface area contributed by atoms with E-state index in [4.69, 9.17) is 19.3 Å². The summed E-state index contributed by atoms with van der Waals surface area (Å²) in [4.78, 5) is 11.1. The zero-order chi connectivity index (χ0) is 23.2. The molecule has 2 rings (SSSR count). The molecule has 0 radical (unpaired) electrons. The van der Waals surface area contributed by atoms with Crippen molar-refractivity contribution in [2.45, 2.75) is 25.9 Å². The fraction of sp³-hybridized carbons (Fsp3) is 0.222. The van der Waals surface area contributed by atoms with Crippen molar-refractivity contribution in [3.05, 3.63) is 90.6 Å². The van der Waals surface area contributed by atoms with Crippen LogP contribution in [0.25, 0.3) is 0 Å². The van der Waals surface area contributed by atoms with Crippen molar-refractivity contribution in [3.8, 4) is 29.1 Å². The van der Waals surface area contributed by atoms with Crippen molar-refractivity contribution < 1.29 is 24.1 Å². The molecule has 2 aromatic rings. The number of benzene rings is 2. The molecule has 0 bridgehead atoms. The third kappa shape index (κ3) is 8.95. The summed E-state index contributed by atoms with van der Waals surface area (Å²) in [7, 11) is 1.38. The summed E-state index contributed by atoms with van der Waals surface area (Å²) >= 11 is 0. The lowest BCUT2D eigenvalue weighted by atomic mass is 10.1. The minimum absolute atomic E-state index is 0.246. The van der Waals surface area contributed by atoms with Gasteiger partial charge in [0.2, 0.25) is 0 Å². The van der Waals surface area contributed by atoms with Gasteiger partial charge in [0.1, 0.15) is 17.2 Å². The highest BCUT2D eigenvalue weighted by Crippen LogP contribution is 2.23. The third-order valence-corrected chi connectivity index (χ3v) is 4.37. The van der Waals surface area contributed by atoms with Gasteiger partial charge in [-0.05, 0) is 54.5 Å². The van der Waals surface area contributed by atoms with E-state index in [1.807, 2.05) is 73.7 Å². The number of allylic oxidation sites excluding steroid dienone is 4. The molecule has 2 aromatic carbocycles. The maximum absolute atomic E-state index is 11.1. The van der Waals surface area contributed by atoms with Crippen LogP contribution in [0.4, 0.5) is 0 Å². The Kier molecular flexibility index (Phi) is 10.4. The first kappa shape index (κ1) is 24.5. The molecule has 0 heterocycles. The van der Waals surface area contributed by atoms with Gasteiger partial charge >= 0.3 is 5.97 Å². The molecule has 5 nitrogen and oxygen atoms in total. The summed E-state index contributed by atoms with van der Waals surface area (Å²) in [5.41, 5.74) is 1.62. The molecule has 0 saturated carbocycles. The predicted molar refractivity (Wildman–Crippen MR) is 126 cm³/mol. The third-order valence-electron chi connectivity index (χ3n) is 4.37. The Morgan fingerprint density at radius 2 is 1.72 bits per heavy atom. The van der Waals surface area contributed by atoms with E-state index in [-0.39, 0.29) is 6.42 Å². The second-order valence-corrected chi connectivity index (χ2v) is 6.85. The molecular formula is C27H28O5. The van der Waals surface area contributed by atoms with Crippen molar-refractivity contribution in [1.29, 1.82) is 0 Å². The molecule has 0 aliphatic heterocycles. The van der Waals surface area contributed by atoms with Crippen LogP contribution in [0.5, 0.6) is 17.2 Å². The fourth-order valence-electron chi connectivity index (χ4n) is 2.63. The minimum Gasteiger partial charge on any atom is -0.493 e. The van der Waals surface area contributed by atoms with E-state index in [9.17, 15) is 4.79 Å². The van der Waals surface area contributed by atoms with Crippen LogP contribution in [-0.4, -0.2) is 30.9 Å². The first-order valence-electron chi connectivity index (χ1n) is 10.2. The second kappa shape index (κ2) is 13.5. The van der Waals surface area contributed by atoms with Gasteiger partial charge in [0, 0.05) is 20.0 Å². The summed E-state index contributed by atoms with van der Waals surface area (Å²) in [6.45, 7) is 6.08. The topological polar surface area (TPSA) is 65.0 Å². The summed E-state index contributed by atoms with van der Waals surface area (Å²) in [6, 6.07) is 17.1. The first-order chi connectivity index (χ1) is 15.5. The SMILES string of the molecule is C=C/C(=C\C=C(/C)C#CCCOc1ccc(Oc2ccccc2)cc1)CC(OC)C(=O)O. The zero-order valence-electron chi connectivity index (χ0n) is 18.4. The number of rotatable bonds is 11. The minimum atomic E-state index is -1.00. The number of methoxy groups -OCH3 is 1. The molecular weight excluding hydrogens is 404 g/mol. The highest BCUT2D eigenvalue weighted by molar-refractivity contribution is 5.72. The van der Waals surface area contributed by atoms with E-state index in [0.717, 1.165) is 28.4 Å². The Labute approximate surface area is 189 Å². The van der Waals surface area contributed by atoms with Crippen LogP contribution in [0.1, 0.15) is 19.8 Å².